The quantitative estimate of drug-likeness (QED) is 0.549. The molecule has 0 spiro atoms. The molecular weight excluding hydrogens is 368 g/mol. The molecule has 2 amide bonds. The molecule has 8 heteroatoms. The number of ether oxygens (including phenoxy) is 2. The fraction of sp³-hybridized carbons (Fsp3) is 0.400. The summed E-state index contributed by atoms with van der Waals surface area (Å²) in [6.07, 6.45) is -0.908. The normalized spacial score (nSPS) is 11.3. The van der Waals surface area contributed by atoms with Crippen LogP contribution in [0.1, 0.15) is 26.7 Å². The lowest BCUT2D eigenvalue weighted by molar-refractivity contribution is -0.144. The van der Waals surface area contributed by atoms with Crippen molar-refractivity contribution in [3.05, 3.63) is 28.7 Å². The molecule has 7 nitrogen and oxygen atoms in total. The fourth-order valence-electron chi connectivity index (χ4n) is 1.54. The zero-order valence-corrected chi connectivity index (χ0v) is 14.5. The second kappa shape index (κ2) is 9.83. The monoisotopic (exact) mass is 386 g/mol. The van der Waals surface area contributed by atoms with Gasteiger partial charge in [0.2, 0.25) is 5.91 Å². The Balaban J connectivity index is 2.32. The zero-order chi connectivity index (χ0) is 17.2. The molecule has 0 aliphatic carbocycles. The topological polar surface area (TPSA) is 93.7 Å². The standard InChI is InChI=1S/C15H19BrN2O5/c1-3-22-14(20)8-7-13(19)17-18-15(21)10(2)23-12-6-4-5-11(16)9-12/h4-6,9-10H,3,7-8H2,1-2H3,(H,17,19)(H,18,21)/t10-/m1/s1. The molecule has 0 saturated carbocycles. The molecule has 0 aliphatic rings. The van der Waals surface area contributed by atoms with E-state index in [2.05, 4.69) is 26.8 Å². The fourth-order valence-corrected chi connectivity index (χ4v) is 1.92. The molecule has 1 rings (SSSR count). The number of nitrogens with one attached hydrogen (secondary N) is 2. The summed E-state index contributed by atoms with van der Waals surface area (Å²) in [6, 6.07) is 7.05. The van der Waals surface area contributed by atoms with Crippen molar-refractivity contribution >= 4 is 33.7 Å². The van der Waals surface area contributed by atoms with Gasteiger partial charge in [0, 0.05) is 10.9 Å². The van der Waals surface area contributed by atoms with E-state index in [1.54, 1.807) is 32.0 Å². The maximum absolute atomic E-state index is 11.8. The third kappa shape index (κ3) is 7.64. The molecule has 0 unspecified atom stereocenters. The summed E-state index contributed by atoms with van der Waals surface area (Å²) in [4.78, 5) is 34.4. The summed E-state index contributed by atoms with van der Waals surface area (Å²) < 4.78 is 11.0. The van der Waals surface area contributed by atoms with Crippen molar-refractivity contribution in [2.24, 2.45) is 0 Å². The van der Waals surface area contributed by atoms with E-state index in [0.717, 1.165) is 4.47 Å². The molecule has 1 aromatic rings. The molecule has 1 atom stereocenters. The van der Waals surface area contributed by atoms with Gasteiger partial charge in [-0.3, -0.25) is 25.2 Å². The van der Waals surface area contributed by atoms with Crippen molar-refractivity contribution < 1.29 is 23.9 Å². The van der Waals surface area contributed by atoms with Crippen molar-refractivity contribution in [2.75, 3.05) is 6.61 Å². The predicted molar refractivity (Wildman–Crippen MR) is 86.4 cm³/mol. The van der Waals surface area contributed by atoms with Crippen LogP contribution >= 0.6 is 15.9 Å². The van der Waals surface area contributed by atoms with Crippen molar-refractivity contribution in [3.8, 4) is 5.75 Å². The first kappa shape index (κ1) is 19.0. The lowest BCUT2D eigenvalue weighted by atomic mass is 10.3. The van der Waals surface area contributed by atoms with Crippen molar-refractivity contribution in [1.82, 2.24) is 10.9 Å². The summed E-state index contributed by atoms with van der Waals surface area (Å²) >= 11 is 3.30. The number of hydrazine groups is 1. The van der Waals surface area contributed by atoms with Crippen LogP contribution in [0.15, 0.2) is 28.7 Å². The lowest BCUT2D eigenvalue weighted by Gasteiger charge is -2.15. The molecule has 2 N–H and O–H groups in total. The molecule has 0 bridgehead atoms. The highest BCUT2D eigenvalue weighted by Crippen LogP contribution is 2.18. The van der Waals surface area contributed by atoms with E-state index in [0.29, 0.717) is 5.75 Å². The second-order valence-electron chi connectivity index (χ2n) is 4.56. The van der Waals surface area contributed by atoms with E-state index in [1.807, 2.05) is 6.07 Å². The third-order valence-corrected chi connectivity index (χ3v) is 3.16. The summed E-state index contributed by atoms with van der Waals surface area (Å²) in [5.74, 6) is -0.925. The number of hydrogen-bond donors (Lipinski definition) is 2. The van der Waals surface area contributed by atoms with Crippen LogP contribution in [0.2, 0.25) is 0 Å². The number of amides is 2. The molecule has 23 heavy (non-hydrogen) atoms. The molecule has 1 aromatic carbocycles. The minimum atomic E-state index is -0.797. The largest absolute Gasteiger partial charge is 0.481 e. The number of halogens is 1. The lowest BCUT2D eigenvalue weighted by Crippen LogP contribution is -2.47. The first-order valence-corrected chi connectivity index (χ1v) is 7.88. The van der Waals surface area contributed by atoms with Gasteiger partial charge in [0.15, 0.2) is 6.10 Å². The number of carbonyl (C=O) groups excluding carboxylic acids is 3. The highest BCUT2D eigenvalue weighted by atomic mass is 79.9. The Morgan fingerprint density at radius 1 is 1.22 bits per heavy atom. The Hall–Kier alpha value is -2.09. The number of rotatable bonds is 7. The molecular formula is C15H19BrN2O5. The van der Waals surface area contributed by atoms with E-state index in [-0.39, 0.29) is 19.4 Å². The average Bonchev–Trinajstić information content (AvgIpc) is 2.50. The van der Waals surface area contributed by atoms with E-state index in [9.17, 15) is 14.4 Å². The number of benzene rings is 1. The van der Waals surface area contributed by atoms with Crippen LogP contribution in [0.4, 0.5) is 0 Å². The van der Waals surface area contributed by atoms with Crippen molar-refractivity contribution in [3.63, 3.8) is 0 Å². The molecule has 0 saturated heterocycles. The smallest absolute Gasteiger partial charge is 0.306 e. The minimum absolute atomic E-state index is 0.0420. The van der Waals surface area contributed by atoms with Gasteiger partial charge in [0.1, 0.15) is 5.75 Å². The van der Waals surface area contributed by atoms with Crippen LogP contribution in [0.3, 0.4) is 0 Å². The molecule has 0 aromatic heterocycles. The highest BCUT2D eigenvalue weighted by Gasteiger charge is 2.16. The van der Waals surface area contributed by atoms with Gasteiger partial charge in [-0.05, 0) is 32.0 Å². The SMILES string of the molecule is CCOC(=O)CCC(=O)NNC(=O)[C@@H](C)Oc1cccc(Br)c1. The average molecular weight is 387 g/mol. The number of esters is 1. The van der Waals surface area contributed by atoms with Crippen LogP contribution in [0.5, 0.6) is 5.75 Å². The van der Waals surface area contributed by atoms with Gasteiger partial charge in [-0.2, -0.15) is 0 Å². The maximum atomic E-state index is 11.8. The van der Waals surface area contributed by atoms with E-state index in [4.69, 9.17) is 9.47 Å². The first-order valence-electron chi connectivity index (χ1n) is 7.09. The summed E-state index contributed by atoms with van der Waals surface area (Å²) in [5, 5.41) is 0. The third-order valence-electron chi connectivity index (χ3n) is 2.66. The summed E-state index contributed by atoms with van der Waals surface area (Å²) in [6.45, 7) is 3.51. The number of hydrogen-bond acceptors (Lipinski definition) is 5. The van der Waals surface area contributed by atoms with Crippen molar-refractivity contribution in [2.45, 2.75) is 32.8 Å². The van der Waals surface area contributed by atoms with Gasteiger partial charge >= 0.3 is 5.97 Å². The minimum Gasteiger partial charge on any atom is -0.481 e. The highest BCUT2D eigenvalue weighted by molar-refractivity contribution is 9.10. The Labute approximate surface area is 142 Å². The van der Waals surface area contributed by atoms with Gasteiger partial charge < -0.3 is 9.47 Å². The van der Waals surface area contributed by atoms with E-state index in [1.165, 1.54) is 0 Å². The van der Waals surface area contributed by atoms with Gasteiger partial charge in [-0.25, -0.2) is 0 Å². The predicted octanol–water partition coefficient (Wildman–Crippen LogP) is 1.71. The van der Waals surface area contributed by atoms with Gasteiger partial charge in [-0.15, -0.1) is 0 Å². The Morgan fingerprint density at radius 2 is 1.96 bits per heavy atom. The van der Waals surface area contributed by atoms with E-state index < -0.39 is 23.9 Å². The van der Waals surface area contributed by atoms with Crippen LogP contribution in [-0.2, 0) is 19.1 Å². The number of carbonyl (C=O) groups is 3. The van der Waals surface area contributed by atoms with Crippen molar-refractivity contribution in [1.29, 1.82) is 0 Å². The van der Waals surface area contributed by atoms with Crippen LogP contribution in [-0.4, -0.2) is 30.5 Å². The van der Waals surface area contributed by atoms with Crippen LogP contribution in [0.25, 0.3) is 0 Å². The summed E-state index contributed by atoms with van der Waals surface area (Å²) in [5.41, 5.74) is 4.47. The van der Waals surface area contributed by atoms with Gasteiger partial charge in [0.05, 0.1) is 13.0 Å². The maximum Gasteiger partial charge on any atom is 0.306 e. The zero-order valence-electron chi connectivity index (χ0n) is 12.9. The second-order valence-corrected chi connectivity index (χ2v) is 5.48. The molecule has 0 aliphatic heterocycles. The van der Waals surface area contributed by atoms with Gasteiger partial charge in [0.25, 0.3) is 5.91 Å². The van der Waals surface area contributed by atoms with E-state index >= 15 is 0 Å². The molecule has 0 heterocycles. The summed E-state index contributed by atoms with van der Waals surface area (Å²) in [7, 11) is 0. The molecule has 0 fully saturated rings. The Morgan fingerprint density at radius 3 is 2.61 bits per heavy atom. The Kier molecular flexibility index (Phi) is 8.10. The van der Waals surface area contributed by atoms with Crippen LogP contribution < -0.4 is 15.6 Å². The Bertz CT molecular complexity index is 565. The molecule has 126 valence electrons. The first-order chi connectivity index (χ1) is 10.9. The molecule has 0 radical (unpaired) electrons. The van der Waals surface area contributed by atoms with Crippen LogP contribution in [0, 0.1) is 0 Å². The van der Waals surface area contributed by atoms with Gasteiger partial charge in [-0.1, -0.05) is 22.0 Å².